The predicted molar refractivity (Wildman–Crippen MR) is 66.2 cm³/mol. The van der Waals surface area contributed by atoms with E-state index in [1.807, 2.05) is 7.05 Å². The lowest BCUT2D eigenvalue weighted by molar-refractivity contribution is -0.125. The van der Waals surface area contributed by atoms with Gasteiger partial charge in [-0.3, -0.25) is 14.4 Å². The summed E-state index contributed by atoms with van der Waals surface area (Å²) in [7, 11) is 1.82. The number of nitrogens with zero attached hydrogens (tertiary/aromatic N) is 5. The van der Waals surface area contributed by atoms with Gasteiger partial charge in [0.25, 0.3) is 0 Å². The third-order valence-corrected chi connectivity index (χ3v) is 3.50. The molecule has 0 bridgehead atoms. The standard InChI is InChI=1S/C12H17N5O2/c1-15-8-13-10(14-15)3-2-6-16-11(18)7-17(12(16)19)9-4-5-9/h8-9H,2-7H2,1H3. The first-order valence-electron chi connectivity index (χ1n) is 6.60. The lowest BCUT2D eigenvalue weighted by Crippen LogP contribution is -2.34. The molecule has 1 aliphatic carbocycles. The SMILES string of the molecule is Cn1cnc(CCCN2C(=O)CN(C3CC3)C2=O)n1. The number of hydrogen-bond donors (Lipinski definition) is 0. The van der Waals surface area contributed by atoms with Crippen LogP contribution in [0.5, 0.6) is 0 Å². The molecule has 3 amide bonds. The minimum atomic E-state index is -0.124. The van der Waals surface area contributed by atoms with E-state index in [1.54, 1.807) is 15.9 Å². The van der Waals surface area contributed by atoms with E-state index in [0.29, 0.717) is 25.4 Å². The molecular formula is C12H17N5O2. The Labute approximate surface area is 111 Å². The lowest BCUT2D eigenvalue weighted by atomic mass is 10.3. The molecule has 1 aromatic rings. The summed E-state index contributed by atoms with van der Waals surface area (Å²) >= 11 is 0. The maximum Gasteiger partial charge on any atom is 0.327 e. The normalized spacial score (nSPS) is 19.6. The molecule has 1 saturated heterocycles. The monoisotopic (exact) mass is 263 g/mol. The molecule has 7 heteroatoms. The molecule has 1 aromatic heterocycles. The van der Waals surface area contributed by atoms with Crippen molar-refractivity contribution in [3.63, 3.8) is 0 Å². The van der Waals surface area contributed by atoms with Crippen LogP contribution in [0, 0.1) is 0 Å². The van der Waals surface area contributed by atoms with Crippen molar-refractivity contribution in [3.8, 4) is 0 Å². The lowest BCUT2D eigenvalue weighted by Gasteiger charge is -2.15. The number of imide groups is 1. The number of amides is 3. The van der Waals surface area contributed by atoms with Crippen LogP contribution in [0.15, 0.2) is 6.33 Å². The molecule has 0 unspecified atom stereocenters. The summed E-state index contributed by atoms with van der Waals surface area (Å²) in [5.74, 6) is 0.673. The van der Waals surface area contributed by atoms with Crippen molar-refractivity contribution >= 4 is 11.9 Å². The van der Waals surface area contributed by atoms with E-state index in [0.717, 1.165) is 18.7 Å². The second kappa shape index (κ2) is 4.64. The van der Waals surface area contributed by atoms with Crippen LogP contribution in [0.25, 0.3) is 0 Å². The summed E-state index contributed by atoms with van der Waals surface area (Å²) in [5, 5.41) is 4.17. The van der Waals surface area contributed by atoms with Gasteiger partial charge in [-0.05, 0) is 19.3 Å². The van der Waals surface area contributed by atoms with Crippen molar-refractivity contribution in [3.05, 3.63) is 12.2 Å². The Balaban J connectivity index is 1.52. The second-order valence-electron chi connectivity index (χ2n) is 5.13. The highest BCUT2D eigenvalue weighted by Gasteiger charge is 2.43. The van der Waals surface area contributed by atoms with Gasteiger partial charge in [0, 0.05) is 26.1 Å². The Bertz CT molecular complexity index is 508. The Morgan fingerprint density at radius 1 is 1.37 bits per heavy atom. The fourth-order valence-corrected chi connectivity index (χ4v) is 2.35. The summed E-state index contributed by atoms with van der Waals surface area (Å²) < 4.78 is 1.65. The molecule has 7 nitrogen and oxygen atoms in total. The molecule has 0 radical (unpaired) electrons. The van der Waals surface area contributed by atoms with Crippen molar-refractivity contribution in [2.75, 3.05) is 13.1 Å². The van der Waals surface area contributed by atoms with E-state index < -0.39 is 0 Å². The van der Waals surface area contributed by atoms with Gasteiger partial charge in [-0.1, -0.05) is 0 Å². The molecule has 1 saturated carbocycles. The Morgan fingerprint density at radius 3 is 2.79 bits per heavy atom. The van der Waals surface area contributed by atoms with Crippen molar-refractivity contribution in [1.29, 1.82) is 0 Å². The number of carbonyl (C=O) groups is 2. The van der Waals surface area contributed by atoms with Crippen LogP contribution in [-0.2, 0) is 18.3 Å². The topological polar surface area (TPSA) is 71.3 Å². The predicted octanol–water partition coefficient (Wildman–Crippen LogP) is 0.174. The van der Waals surface area contributed by atoms with Crippen molar-refractivity contribution in [1.82, 2.24) is 24.6 Å². The highest BCUT2D eigenvalue weighted by Crippen LogP contribution is 2.30. The quantitative estimate of drug-likeness (QED) is 0.710. The first kappa shape index (κ1) is 12.1. The molecule has 19 heavy (non-hydrogen) atoms. The van der Waals surface area contributed by atoms with Gasteiger partial charge in [-0.25, -0.2) is 9.78 Å². The van der Waals surface area contributed by atoms with Crippen molar-refractivity contribution in [2.24, 2.45) is 7.05 Å². The molecule has 2 fully saturated rings. The number of urea groups is 1. The molecule has 2 aliphatic rings. The second-order valence-corrected chi connectivity index (χ2v) is 5.13. The molecule has 0 spiro atoms. The third-order valence-electron chi connectivity index (χ3n) is 3.50. The van der Waals surface area contributed by atoms with Crippen LogP contribution in [0.1, 0.15) is 25.1 Å². The third kappa shape index (κ3) is 2.45. The summed E-state index contributed by atoms with van der Waals surface area (Å²) in [6, 6.07) is 0.181. The van der Waals surface area contributed by atoms with Gasteiger partial charge in [-0.15, -0.1) is 0 Å². The van der Waals surface area contributed by atoms with Crippen LogP contribution in [-0.4, -0.2) is 55.6 Å². The fourth-order valence-electron chi connectivity index (χ4n) is 2.35. The maximum atomic E-state index is 12.0. The van der Waals surface area contributed by atoms with Gasteiger partial charge in [0.2, 0.25) is 5.91 Å². The van der Waals surface area contributed by atoms with Crippen LogP contribution < -0.4 is 0 Å². The van der Waals surface area contributed by atoms with Gasteiger partial charge in [0.05, 0.1) is 0 Å². The van der Waals surface area contributed by atoms with E-state index in [2.05, 4.69) is 10.1 Å². The molecule has 3 rings (SSSR count). The Morgan fingerprint density at radius 2 is 2.16 bits per heavy atom. The summed E-state index contributed by atoms with van der Waals surface area (Å²) in [6.45, 7) is 0.713. The molecule has 2 heterocycles. The zero-order chi connectivity index (χ0) is 13.4. The maximum absolute atomic E-state index is 12.0. The minimum absolute atomic E-state index is 0.0779. The zero-order valence-electron chi connectivity index (χ0n) is 10.9. The van der Waals surface area contributed by atoms with Gasteiger partial charge in [0.15, 0.2) is 5.82 Å². The summed E-state index contributed by atoms with van der Waals surface area (Å²) in [5.41, 5.74) is 0. The number of carbonyl (C=O) groups excluding carboxylic acids is 2. The summed E-state index contributed by atoms with van der Waals surface area (Å²) in [4.78, 5) is 31.0. The van der Waals surface area contributed by atoms with E-state index in [4.69, 9.17) is 0 Å². The Hall–Kier alpha value is -1.92. The first-order chi connectivity index (χ1) is 9.15. The number of hydrogen-bond acceptors (Lipinski definition) is 4. The van der Waals surface area contributed by atoms with Gasteiger partial charge in [-0.2, -0.15) is 5.10 Å². The van der Waals surface area contributed by atoms with Crippen LogP contribution in [0.2, 0.25) is 0 Å². The van der Waals surface area contributed by atoms with Crippen LogP contribution in [0.3, 0.4) is 0 Å². The fraction of sp³-hybridized carbons (Fsp3) is 0.667. The number of aryl methyl sites for hydroxylation is 2. The van der Waals surface area contributed by atoms with Gasteiger partial charge in [0.1, 0.15) is 12.9 Å². The van der Waals surface area contributed by atoms with E-state index in [9.17, 15) is 9.59 Å². The van der Waals surface area contributed by atoms with Gasteiger partial charge >= 0.3 is 6.03 Å². The van der Waals surface area contributed by atoms with Crippen molar-refractivity contribution < 1.29 is 9.59 Å². The van der Waals surface area contributed by atoms with Crippen LogP contribution in [0.4, 0.5) is 4.79 Å². The molecule has 102 valence electrons. The summed E-state index contributed by atoms with van der Waals surface area (Å²) in [6.07, 6.45) is 5.10. The highest BCUT2D eigenvalue weighted by atomic mass is 16.2. The highest BCUT2D eigenvalue weighted by molar-refractivity contribution is 6.02. The molecule has 1 aliphatic heterocycles. The first-order valence-corrected chi connectivity index (χ1v) is 6.60. The minimum Gasteiger partial charge on any atom is -0.312 e. The molecule has 0 aromatic carbocycles. The average molecular weight is 263 g/mol. The van der Waals surface area contributed by atoms with E-state index >= 15 is 0 Å². The smallest absolute Gasteiger partial charge is 0.312 e. The van der Waals surface area contributed by atoms with E-state index in [-0.39, 0.29) is 18.5 Å². The van der Waals surface area contributed by atoms with E-state index in [1.165, 1.54) is 4.90 Å². The number of aromatic nitrogens is 3. The largest absolute Gasteiger partial charge is 0.327 e. The van der Waals surface area contributed by atoms with Crippen molar-refractivity contribution in [2.45, 2.75) is 31.7 Å². The number of rotatable bonds is 5. The molecular weight excluding hydrogens is 246 g/mol. The molecule has 0 atom stereocenters. The molecule has 0 N–H and O–H groups in total. The average Bonchev–Trinajstić information content (AvgIpc) is 3.08. The zero-order valence-corrected chi connectivity index (χ0v) is 10.9. The van der Waals surface area contributed by atoms with Crippen LogP contribution >= 0.6 is 0 Å². The van der Waals surface area contributed by atoms with Gasteiger partial charge < -0.3 is 4.90 Å². The Kier molecular flexibility index (Phi) is 2.96.